The third-order valence-electron chi connectivity index (χ3n) is 5.35. The molecule has 4 rings (SSSR count). The van der Waals surface area contributed by atoms with Gasteiger partial charge in [0.25, 0.3) is 5.56 Å². The van der Waals surface area contributed by atoms with Crippen molar-refractivity contribution in [1.29, 1.82) is 0 Å². The van der Waals surface area contributed by atoms with Crippen molar-refractivity contribution in [3.63, 3.8) is 0 Å². The molecule has 130 valence electrons. The van der Waals surface area contributed by atoms with Gasteiger partial charge in [0.2, 0.25) is 5.91 Å². The van der Waals surface area contributed by atoms with Crippen LogP contribution >= 0.6 is 0 Å². The molecule has 1 amide bonds. The summed E-state index contributed by atoms with van der Waals surface area (Å²) in [5.41, 5.74) is 0.429. The highest BCUT2D eigenvalue weighted by Gasteiger charge is 2.53. The fraction of sp³-hybridized carbons (Fsp3) is 0.421. The lowest BCUT2D eigenvalue weighted by Gasteiger charge is -2.36. The lowest BCUT2D eigenvalue weighted by molar-refractivity contribution is -0.125. The molecule has 2 saturated carbocycles. The van der Waals surface area contributed by atoms with Gasteiger partial charge in [-0.2, -0.15) is 0 Å². The molecular formula is C19H20FN3O2. The number of benzene rings is 1. The van der Waals surface area contributed by atoms with Crippen LogP contribution in [0.3, 0.4) is 0 Å². The van der Waals surface area contributed by atoms with Crippen LogP contribution in [0.1, 0.15) is 48.7 Å². The lowest BCUT2D eigenvalue weighted by atomic mass is 9.77. The fourth-order valence-corrected chi connectivity index (χ4v) is 3.71. The SMILES string of the molecule is Cc1nc(C2CC(NC(=O)C3(c4ccccc4F)CC3)C2)cc(=O)[nH]1. The summed E-state index contributed by atoms with van der Waals surface area (Å²) in [5, 5.41) is 3.05. The molecule has 2 fully saturated rings. The monoisotopic (exact) mass is 341 g/mol. The Bertz CT molecular complexity index is 882. The molecule has 0 radical (unpaired) electrons. The molecule has 2 aromatic rings. The minimum atomic E-state index is -0.699. The second-order valence-corrected chi connectivity index (χ2v) is 7.16. The first-order valence-electron chi connectivity index (χ1n) is 8.62. The van der Waals surface area contributed by atoms with E-state index in [1.165, 1.54) is 12.1 Å². The van der Waals surface area contributed by atoms with E-state index in [1.54, 1.807) is 25.1 Å². The molecule has 6 heteroatoms. The molecule has 0 bridgehead atoms. The van der Waals surface area contributed by atoms with E-state index in [-0.39, 0.29) is 29.2 Å². The quantitative estimate of drug-likeness (QED) is 0.896. The number of H-pyrrole nitrogens is 1. The maximum atomic E-state index is 14.1. The fourth-order valence-electron chi connectivity index (χ4n) is 3.71. The van der Waals surface area contributed by atoms with E-state index in [2.05, 4.69) is 15.3 Å². The number of carbonyl (C=O) groups excluding carboxylic acids is 1. The van der Waals surface area contributed by atoms with Crippen LogP contribution in [0, 0.1) is 12.7 Å². The van der Waals surface area contributed by atoms with Crippen LogP contribution in [-0.2, 0) is 10.2 Å². The van der Waals surface area contributed by atoms with Gasteiger partial charge in [-0.05, 0) is 38.7 Å². The van der Waals surface area contributed by atoms with Crippen LogP contribution < -0.4 is 10.9 Å². The minimum absolute atomic E-state index is 0.0585. The molecule has 0 saturated heterocycles. The van der Waals surface area contributed by atoms with Crippen molar-refractivity contribution in [3.05, 3.63) is 63.6 Å². The van der Waals surface area contributed by atoms with Gasteiger partial charge in [-0.25, -0.2) is 9.37 Å². The summed E-state index contributed by atoms with van der Waals surface area (Å²) in [6.07, 6.45) is 2.89. The van der Waals surface area contributed by atoms with Crippen molar-refractivity contribution in [1.82, 2.24) is 15.3 Å². The Kier molecular flexibility index (Phi) is 3.71. The zero-order chi connectivity index (χ0) is 17.6. The molecule has 2 aliphatic carbocycles. The predicted octanol–water partition coefficient (Wildman–Crippen LogP) is 2.31. The normalized spacial score (nSPS) is 23.6. The third-order valence-corrected chi connectivity index (χ3v) is 5.35. The number of hydrogen-bond donors (Lipinski definition) is 2. The predicted molar refractivity (Wildman–Crippen MR) is 90.8 cm³/mol. The number of rotatable bonds is 4. The number of aromatic nitrogens is 2. The van der Waals surface area contributed by atoms with Gasteiger partial charge in [0.1, 0.15) is 11.6 Å². The van der Waals surface area contributed by atoms with Crippen molar-refractivity contribution in [2.45, 2.75) is 50.0 Å². The molecule has 1 aromatic heterocycles. The topological polar surface area (TPSA) is 74.8 Å². The van der Waals surface area contributed by atoms with Crippen LogP contribution in [0.15, 0.2) is 35.1 Å². The summed E-state index contributed by atoms with van der Waals surface area (Å²) in [6, 6.07) is 8.10. The molecule has 0 spiro atoms. The maximum absolute atomic E-state index is 14.1. The Morgan fingerprint density at radius 2 is 2.04 bits per heavy atom. The molecular weight excluding hydrogens is 321 g/mol. The summed E-state index contributed by atoms with van der Waals surface area (Å²) < 4.78 is 14.1. The van der Waals surface area contributed by atoms with Crippen molar-refractivity contribution in [2.75, 3.05) is 0 Å². The number of halogens is 1. The Morgan fingerprint density at radius 1 is 1.32 bits per heavy atom. The molecule has 2 aliphatic rings. The summed E-state index contributed by atoms with van der Waals surface area (Å²) in [4.78, 5) is 31.2. The highest BCUT2D eigenvalue weighted by Crippen LogP contribution is 2.50. The Labute approximate surface area is 144 Å². The van der Waals surface area contributed by atoms with Gasteiger partial charge < -0.3 is 10.3 Å². The zero-order valence-electron chi connectivity index (χ0n) is 14.0. The summed E-state index contributed by atoms with van der Waals surface area (Å²) in [6.45, 7) is 1.76. The van der Waals surface area contributed by atoms with E-state index in [9.17, 15) is 14.0 Å². The largest absolute Gasteiger partial charge is 0.353 e. The van der Waals surface area contributed by atoms with Gasteiger partial charge in [-0.1, -0.05) is 18.2 Å². The summed E-state index contributed by atoms with van der Waals surface area (Å²) in [7, 11) is 0. The average Bonchev–Trinajstić information content (AvgIpc) is 3.31. The van der Waals surface area contributed by atoms with Gasteiger partial charge in [-0.3, -0.25) is 9.59 Å². The number of hydrogen-bond acceptors (Lipinski definition) is 3. The van der Waals surface area contributed by atoms with E-state index >= 15 is 0 Å². The molecule has 5 nitrogen and oxygen atoms in total. The molecule has 0 unspecified atom stereocenters. The molecule has 0 aliphatic heterocycles. The molecule has 0 atom stereocenters. The Balaban J connectivity index is 1.41. The number of nitrogens with zero attached hydrogens (tertiary/aromatic N) is 1. The van der Waals surface area contributed by atoms with E-state index in [1.807, 2.05) is 0 Å². The third kappa shape index (κ3) is 2.86. The Hall–Kier alpha value is -2.50. The van der Waals surface area contributed by atoms with Crippen molar-refractivity contribution >= 4 is 5.91 Å². The van der Waals surface area contributed by atoms with Crippen molar-refractivity contribution < 1.29 is 9.18 Å². The number of aromatic amines is 1. The number of nitrogens with one attached hydrogen (secondary N) is 2. The number of carbonyl (C=O) groups is 1. The van der Waals surface area contributed by atoms with Gasteiger partial charge in [-0.15, -0.1) is 0 Å². The van der Waals surface area contributed by atoms with E-state index in [4.69, 9.17) is 0 Å². The van der Waals surface area contributed by atoms with Crippen LogP contribution in [-0.4, -0.2) is 21.9 Å². The van der Waals surface area contributed by atoms with Crippen LogP contribution in [0.2, 0.25) is 0 Å². The minimum Gasteiger partial charge on any atom is -0.353 e. The standard InChI is InChI=1S/C19H20FN3O2/c1-11-21-16(10-17(24)22-11)12-8-13(9-12)23-18(25)19(6-7-19)14-4-2-3-5-15(14)20/h2-5,10,12-13H,6-9H2,1H3,(H,23,25)(H,21,22,24). The molecule has 2 N–H and O–H groups in total. The molecule has 1 aromatic carbocycles. The van der Waals surface area contributed by atoms with E-state index in [0.29, 0.717) is 24.2 Å². The highest BCUT2D eigenvalue weighted by atomic mass is 19.1. The van der Waals surface area contributed by atoms with Crippen LogP contribution in [0.4, 0.5) is 4.39 Å². The molecule has 25 heavy (non-hydrogen) atoms. The highest BCUT2D eigenvalue weighted by molar-refractivity contribution is 5.91. The summed E-state index contributed by atoms with van der Waals surface area (Å²) in [5.74, 6) is 0.391. The van der Waals surface area contributed by atoms with Crippen LogP contribution in [0.5, 0.6) is 0 Å². The zero-order valence-corrected chi connectivity index (χ0v) is 14.0. The van der Waals surface area contributed by atoms with Crippen LogP contribution in [0.25, 0.3) is 0 Å². The van der Waals surface area contributed by atoms with Crippen molar-refractivity contribution in [3.8, 4) is 0 Å². The second-order valence-electron chi connectivity index (χ2n) is 7.16. The van der Waals surface area contributed by atoms with Gasteiger partial charge >= 0.3 is 0 Å². The number of aryl methyl sites for hydroxylation is 1. The smallest absolute Gasteiger partial charge is 0.251 e. The van der Waals surface area contributed by atoms with Gasteiger partial charge in [0, 0.05) is 23.6 Å². The second kappa shape index (κ2) is 5.79. The van der Waals surface area contributed by atoms with E-state index in [0.717, 1.165) is 18.5 Å². The number of amides is 1. The van der Waals surface area contributed by atoms with Gasteiger partial charge in [0.05, 0.1) is 11.1 Å². The first kappa shape index (κ1) is 16.0. The lowest BCUT2D eigenvalue weighted by Crippen LogP contribution is -2.47. The van der Waals surface area contributed by atoms with Crippen molar-refractivity contribution in [2.24, 2.45) is 0 Å². The maximum Gasteiger partial charge on any atom is 0.251 e. The summed E-state index contributed by atoms with van der Waals surface area (Å²) >= 11 is 0. The first-order valence-corrected chi connectivity index (χ1v) is 8.62. The van der Waals surface area contributed by atoms with Gasteiger partial charge in [0.15, 0.2) is 0 Å². The van der Waals surface area contributed by atoms with E-state index < -0.39 is 5.41 Å². The molecule has 1 heterocycles. The average molecular weight is 341 g/mol. The Morgan fingerprint density at radius 3 is 2.68 bits per heavy atom. The first-order chi connectivity index (χ1) is 12.0.